The number of carbonyl (C=O) groups is 1. The fourth-order valence-electron chi connectivity index (χ4n) is 4.04. The zero-order valence-corrected chi connectivity index (χ0v) is 14.6. The van der Waals surface area contributed by atoms with Gasteiger partial charge in [-0.1, -0.05) is 30.2 Å². The van der Waals surface area contributed by atoms with Crippen molar-refractivity contribution < 1.29 is 4.79 Å². The van der Waals surface area contributed by atoms with Crippen LogP contribution in [0.2, 0.25) is 5.02 Å². The summed E-state index contributed by atoms with van der Waals surface area (Å²) in [6, 6.07) is 6.04. The van der Waals surface area contributed by atoms with Crippen molar-refractivity contribution in [2.45, 2.75) is 32.6 Å². The zero-order chi connectivity index (χ0) is 16.0. The molecule has 1 aromatic heterocycles. The first kappa shape index (κ1) is 15.2. The lowest BCUT2D eigenvalue weighted by molar-refractivity contribution is 0.0959. The molecule has 2 fully saturated rings. The lowest BCUT2D eigenvalue weighted by atomic mass is 9.90. The van der Waals surface area contributed by atoms with Crippen LogP contribution in [0.3, 0.4) is 0 Å². The maximum absolute atomic E-state index is 12.4. The van der Waals surface area contributed by atoms with Crippen molar-refractivity contribution in [3.63, 3.8) is 0 Å². The van der Waals surface area contributed by atoms with Crippen molar-refractivity contribution in [1.82, 2.24) is 5.43 Å². The molecule has 5 heteroatoms. The van der Waals surface area contributed by atoms with Gasteiger partial charge < -0.3 is 0 Å². The molecule has 2 aliphatic rings. The van der Waals surface area contributed by atoms with Crippen LogP contribution in [0.5, 0.6) is 0 Å². The fraction of sp³-hybridized carbons (Fsp3) is 0.444. The number of nitrogens with one attached hydrogen (secondary N) is 1. The van der Waals surface area contributed by atoms with E-state index in [1.165, 1.54) is 37.0 Å². The summed E-state index contributed by atoms with van der Waals surface area (Å²) >= 11 is 7.78. The van der Waals surface area contributed by atoms with Gasteiger partial charge in [0.15, 0.2) is 0 Å². The molecule has 2 saturated carbocycles. The molecule has 3 nitrogen and oxygen atoms in total. The Bertz CT molecular complexity index is 798. The van der Waals surface area contributed by atoms with E-state index >= 15 is 0 Å². The molecule has 120 valence electrons. The van der Waals surface area contributed by atoms with Crippen LogP contribution in [0, 0.1) is 24.7 Å². The molecule has 0 aliphatic heterocycles. The molecule has 2 aromatic rings. The van der Waals surface area contributed by atoms with Crippen LogP contribution in [-0.2, 0) is 0 Å². The summed E-state index contributed by atoms with van der Waals surface area (Å²) in [5.74, 6) is 1.98. The van der Waals surface area contributed by atoms with Crippen LogP contribution in [-0.4, -0.2) is 12.1 Å². The Hall–Kier alpha value is -1.39. The first-order chi connectivity index (χ1) is 11.1. The molecule has 1 heterocycles. The SMILES string of the molecule is Cc1ccc2c(Cl)c(C(=O)N/N=C/C3CC4CCC3C4)sc2c1. The first-order valence-electron chi connectivity index (χ1n) is 8.14. The number of amides is 1. The monoisotopic (exact) mass is 346 g/mol. The molecule has 1 N–H and O–H groups in total. The van der Waals surface area contributed by atoms with Crippen molar-refractivity contribution >= 4 is 45.1 Å². The quantitative estimate of drug-likeness (QED) is 0.615. The number of hydrazone groups is 1. The lowest BCUT2D eigenvalue weighted by Gasteiger charge is -2.16. The second-order valence-corrected chi connectivity index (χ2v) is 8.23. The first-order valence-corrected chi connectivity index (χ1v) is 9.33. The normalized spacial score (nSPS) is 26.4. The fourth-order valence-corrected chi connectivity index (χ4v) is 5.54. The van der Waals surface area contributed by atoms with E-state index < -0.39 is 0 Å². The third-order valence-electron chi connectivity index (χ3n) is 5.22. The molecule has 1 aromatic carbocycles. The van der Waals surface area contributed by atoms with Crippen LogP contribution in [0.4, 0.5) is 0 Å². The van der Waals surface area contributed by atoms with Crippen LogP contribution >= 0.6 is 22.9 Å². The molecule has 2 bridgehead atoms. The number of rotatable bonds is 3. The maximum atomic E-state index is 12.4. The van der Waals surface area contributed by atoms with Gasteiger partial charge in [-0.2, -0.15) is 5.10 Å². The van der Waals surface area contributed by atoms with E-state index in [9.17, 15) is 4.79 Å². The number of hydrogen-bond acceptors (Lipinski definition) is 3. The topological polar surface area (TPSA) is 41.5 Å². The Morgan fingerprint density at radius 2 is 2.26 bits per heavy atom. The standard InChI is InChI=1S/C18H19ClN2OS/c1-10-2-5-14-15(6-10)23-17(16(14)19)18(22)21-20-9-13-8-11-3-4-12(13)7-11/h2,5-6,9,11-13H,3-4,7-8H2,1H3,(H,21,22)/b20-9+. The van der Waals surface area contributed by atoms with Gasteiger partial charge in [0, 0.05) is 16.3 Å². The van der Waals surface area contributed by atoms with E-state index in [0.29, 0.717) is 15.8 Å². The average molecular weight is 347 g/mol. The van der Waals surface area contributed by atoms with E-state index in [0.717, 1.165) is 27.5 Å². The molecule has 3 atom stereocenters. The van der Waals surface area contributed by atoms with Gasteiger partial charge in [0.05, 0.1) is 5.02 Å². The van der Waals surface area contributed by atoms with E-state index in [4.69, 9.17) is 11.6 Å². The van der Waals surface area contributed by atoms with Crippen LogP contribution < -0.4 is 5.43 Å². The molecule has 0 radical (unpaired) electrons. The predicted molar refractivity (Wildman–Crippen MR) is 96.5 cm³/mol. The van der Waals surface area contributed by atoms with Gasteiger partial charge >= 0.3 is 0 Å². The molecule has 0 spiro atoms. The number of thiophene rings is 1. The largest absolute Gasteiger partial charge is 0.282 e. The summed E-state index contributed by atoms with van der Waals surface area (Å²) in [5.41, 5.74) is 3.82. The van der Waals surface area contributed by atoms with Gasteiger partial charge in [-0.05, 0) is 55.6 Å². The zero-order valence-electron chi connectivity index (χ0n) is 13.0. The highest BCUT2D eigenvalue weighted by Gasteiger charge is 2.38. The Morgan fingerprint density at radius 1 is 1.39 bits per heavy atom. The van der Waals surface area contributed by atoms with Gasteiger partial charge in [0.25, 0.3) is 5.91 Å². The van der Waals surface area contributed by atoms with Crippen LogP contribution in [0.1, 0.15) is 40.9 Å². The van der Waals surface area contributed by atoms with E-state index in [2.05, 4.69) is 16.6 Å². The second kappa shape index (κ2) is 5.91. The average Bonchev–Trinajstić information content (AvgIpc) is 3.22. The van der Waals surface area contributed by atoms with Crippen LogP contribution in [0.25, 0.3) is 10.1 Å². The predicted octanol–water partition coefficient (Wildman–Crippen LogP) is 5.01. The Kier molecular flexibility index (Phi) is 3.90. The third kappa shape index (κ3) is 2.79. The Labute approximate surface area is 144 Å². The van der Waals surface area contributed by atoms with Crippen molar-refractivity contribution in [2.75, 3.05) is 0 Å². The molecule has 4 rings (SSSR count). The summed E-state index contributed by atoms with van der Waals surface area (Å²) in [6.45, 7) is 2.03. The molecular formula is C18H19ClN2OS. The summed E-state index contributed by atoms with van der Waals surface area (Å²) in [6.07, 6.45) is 7.20. The van der Waals surface area contributed by atoms with E-state index in [-0.39, 0.29) is 5.91 Å². The van der Waals surface area contributed by atoms with Crippen molar-refractivity contribution in [2.24, 2.45) is 22.9 Å². The number of benzene rings is 1. The van der Waals surface area contributed by atoms with Crippen LogP contribution in [0.15, 0.2) is 23.3 Å². The number of halogens is 1. The highest BCUT2D eigenvalue weighted by atomic mass is 35.5. The third-order valence-corrected chi connectivity index (χ3v) is 6.87. The molecule has 3 unspecified atom stereocenters. The lowest BCUT2D eigenvalue weighted by Crippen LogP contribution is -2.19. The van der Waals surface area contributed by atoms with Gasteiger partial charge in [-0.3, -0.25) is 4.79 Å². The van der Waals surface area contributed by atoms with E-state index in [1.54, 1.807) is 0 Å². The maximum Gasteiger partial charge on any atom is 0.282 e. The van der Waals surface area contributed by atoms with Gasteiger partial charge in [-0.25, -0.2) is 5.43 Å². The van der Waals surface area contributed by atoms with Crippen molar-refractivity contribution in [1.29, 1.82) is 0 Å². The molecule has 2 aliphatic carbocycles. The minimum Gasteiger partial charge on any atom is -0.266 e. The Balaban J connectivity index is 1.48. The molecule has 23 heavy (non-hydrogen) atoms. The number of nitrogens with zero attached hydrogens (tertiary/aromatic N) is 1. The Morgan fingerprint density at radius 3 is 3.00 bits per heavy atom. The summed E-state index contributed by atoms with van der Waals surface area (Å²) in [5, 5.41) is 5.66. The number of fused-ring (bicyclic) bond motifs is 3. The summed E-state index contributed by atoms with van der Waals surface area (Å²) in [7, 11) is 0. The second-order valence-electron chi connectivity index (χ2n) is 6.80. The number of carbonyl (C=O) groups excluding carboxylic acids is 1. The number of aryl methyl sites for hydroxylation is 1. The molecule has 0 saturated heterocycles. The number of hydrogen-bond donors (Lipinski definition) is 1. The van der Waals surface area contributed by atoms with Gasteiger partial charge in [0.2, 0.25) is 0 Å². The highest BCUT2D eigenvalue weighted by Crippen LogP contribution is 2.47. The van der Waals surface area contributed by atoms with Crippen molar-refractivity contribution in [3.8, 4) is 0 Å². The highest BCUT2D eigenvalue weighted by molar-refractivity contribution is 7.21. The minimum absolute atomic E-state index is 0.215. The molecule has 1 amide bonds. The smallest absolute Gasteiger partial charge is 0.266 e. The summed E-state index contributed by atoms with van der Waals surface area (Å²) in [4.78, 5) is 12.9. The van der Waals surface area contributed by atoms with Crippen molar-refractivity contribution in [3.05, 3.63) is 33.7 Å². The van der Waals surface area contributed by atoms with Gasteiger partial charge in [-0.15, -0.1) is 11.3 Å². The molecular weight excluding hydrogens is 328 g/mol. The van der Waals surface area contributed by atoms with E-state index in [1.807, 2.05) is 25.3 Å². The van der Waals surface area contributed by atoms with Gasteiger partial charge in [0.1, 0.15) is 4.88 Å². The summed E-state index contributed by atoms with van der Waals surface area (Å²) < 4.78 is 1.04. The minimum atomic E-state index is -0.215.